The Morgan fingerprint density at radius 2 is 2.00 bits per heavy atom. The van der Waals surface area contributed by atoms with E-state index in [1.807, 2.05) is 0 Å². The van der Waals surface area contributed by atoms with Crippen LogP contribution in [-0.4, -0.2) is 78.3 Å². The fourth-order valence-electron chi connectivity index (χ4n) is 2.84. The number of hydrogen-bond donors (Lipinski definition) is 1. The highest BCUT2D eigenvalue weighted by Gasteiger charge is 2.32. The van der Waals surface area contributed by atoms with Crippen LogP contribution in [0, 0.1) is 5.82 Å². The molecular weight excluding hydrogens is 301 g/mol. The van der Waals surface area contributed by atoms with Crippen LogP contribution in [-0.2, 0) is 6.54 Å². The van der Waals surface area contributed by atoms with Gasteiger partial charge in [0.25, 0.3) is 0 Å². The maximum atomic E-state index is 14.2. The average Bonchev–Trinajstić information content (AvgIpc) is 2.47. The number of hydrogen-bond acceptors (Lipinski definition) is 4. The van der Waals surface area contributed by atoms with Crippen LogP contribution in [0.2, 0.25) is 0 Å². The molecule has 0 aliphatic carbocycles. The number of amides is 1. The molecule has 0 radical (unpaired) electrons. The van der Waals surface area contributed by atoms with Gasteiger partial charge in [0.05, 0.1) is 13.1 Å². The van der Waals surface area contributed by atoms with Crippen molar-refractivity contribution in [1.82, 2.24) is 14.7 Å². The summed E-state index contributed by atoms with van der Waals surface area (Å²) in [6.45, 7) is 5.17. The minimum Gasteiger partial charge on any atom is -0.487 e. The SMILES string of the molecule is CN1CCN(Cc2ccc(OC3CN(C(=O)O)C3)cc2F)CC1. The van der Waals surface area contributed by atoms with Crippen LogP contribution in [0.4, 0.5) is 9.18 Å². The number of nitrogens with zero attached hydrogens (tertiary/aromatic N) is 3. The second-order valence-electron chi connectivity index (χ2n) is 6.26. The van der Waals surface area contributed by atoms with Gasteiger partial charge >= 0.3 is 6.09 Å². The zero-order valence-electron chi connectivity index (χ0n) is 13.2. The smallest absolute Gasteiger partial charge is 0.407 e. The second kappa shape index (κ2) is 6.72. The molecule has 2 saturated heterocycles. The van der Waals surface area contributed by atoms with Gasteiger partial charge in [-0.15, -0.1) is 0 Å². The van der Waals surface area contributed by atoms with Gasteiger partial charge in [-0.05, 0) is 13.1 Å². The number of likely N-dealkylation sites (N-methyl/N-ethyl adjacent to an activating group) is 1. The predicted molar refractivity (Wildman–Crippen MR) is 83.2 cm³/mol. The first-order valence-corrected chi connectivity index (χ1v) is 7.85. The molecule has 1 N–H and O–H groups in total. The van der Waals surface area contributed by atoms with Gasteiger partial charge in [-0.1, -0.05) is 6.07 Å². The summed E-state index contributed by atoms with van der Waals surface area (Å²) in [6, 6.07) is 4.92. The van der Waals surface area contributed by atoms with Crippen LogP contribution >= 0.6 is 0 Å². The highest BCUT2D eigenvalue weighted by molar-refractivity contribution is 5.66. The lowest BCUT2D eigenvalue weighted by atomic mass is 10.1. The molecule has 23 heavy (non-hydrogen) atoms. The Morgan fingerprint density at radius 3 is 2.61 bits per heavy atom. The fourth-order valence-corrected chi connectivity index (χ4v) is 2.84. The molecule has 6 nitrogen and oxygen atoms in total. The molecule has 2 fully saturated rings. The van der Waals surface area contributed by atoms with Gasteiger partial charge in [0.1, 0.15) is 17.7 Å². The third-order valence-corrected chi connectivity index (χ3v) is 4.44. The molecule has 0 aromatic heterocycles. The number of piperazine rings is 1. The van der Waals surface area contributed by atoms with Crippen molar-refractivity contribution in [3.63, 3.8) is 0 Å². The Balaban J connectivity index is 1.53. The standard InChI is InChI=1S/C16H22FN3O3/c1-18-4-6-19(7-5-18)9-12-2-3-13(8-15(12)17)23-14-10-20(11-14)16(21)22/h2-3,8,14H,4-7,9-11H2,1H3,(H,21,22). The number of likely N-dealkylation sites (tertiary alicyclic amines) is 1. The third-order valence-electron chi connectivity index (χ3n) is 4.44. The zero-order valence-corrected chi connectivity index (χ0v) is 13.2. The number of carbonyl (C=O) groups is 1. The molecule has 126 valence electrons. The molecule has 0 atom stereocenters. The molecule has 1 aromatic rings. The van der Waals surface area contributed by atoms with E-state index in [4.69, 9.17) is 9.84 Å². The van der Waals surface area contributed by atoms with Crippen LogP contribution in [0.15, 0.2) is 18.2 Å². The summed E-state index contributed by atoms with van der Waals surface area (Å²) < 4.78 is 19.8. The summed E-state index contributed by atoms with van der Waals surface area (Å²) in [7, 11) is 2.09. The summed E-state index contributed by atoms with van der Waals surface area (Å²) >= 11 is 0. The molecule has 0 bridgehead atoms. The van der Waals surface area contributed by atoms with Gasteiger partial charge in [-0.25, -0.2) is 9.18 Å². The van der Waals surface area contributed by atoms with Crippen LogP contribution in [0.25, 0.3) is 0 Å². The average molecular weight is 323 g/mol. The Hall–Kier alpha value is -1.86. The van der Waals surface area contributed by atoms with E-state index < -0.39 is 6.09 Å². The Bertz CT molecular complexity index is 570. The van der Waals surface area contributed by atoms with Gasteiger partial charge in [-0.2, -0.15) is 0 Å². The van der Waals surface area contributed by atoms with Crippen molar-refractivity contribution in [3.05, 3.63) is 29.6 Å². The first kappa shape index (κ1) is 16.0. The van der Waals surface area contributed by atoms with Crippen molar-refractivity contribution < 1.29 is 19.0 Å². The molecule has 7 heteroatoms. The highest BCUT2D eigenvalue weighted by atomic mass is 19.1. The topological polar surface area (TPSA) is 56.2 Å². The van der Waals surface area contributed by atoms with E-state index in [0.717, 1.165) is 26.2 Å². The van der Waals surface area contributed by atoms with Crippen molar-refractivity contribution in [3.8, 4) is 5.75 Å². The molecule has 2 heterocycles. The van der Waals surface area contributed by atoms with Crippen molar-refractivity contribution >= 4 is 6.09 Å². The van der Waals surface area contributed by atoms with Crippen LogP contribution in [0.1, 0.15) is 5.56 Å². The van der Waals surface area contributed by atoms with Crippen molar-refractivity contribution in [2.45, 2.75) is 12.6 Å². The summed E-state index contributed by atoms with van der Waals surface area (Å²) in [4.78, 5) is 16.5. The molecule has 0 spiro atoms. The van der Waals surface area contributed by atoms with E-state index in [1.54, 1.807) is 12.1 Å². The quantitative estimate of drug-likeness (QED) is 0.905. The zero-order chi connectivity index (χ0) is 16.4. The van der Waals surface area contributed by atoms with Crippen LogP contribution in [0.3, 0.4) is 0 Å². The Morgan fingerprint density at radius 1 is 1.30 bits per heavy atom. The Labute approximate surface area is 135 Å². The van der Waals surface area contributed by atoms with Crippen molar-refractivity contribution in [2.24, 2.45) is 0 Å². The molecule has 3 rings (SSSR count). The second-order valence-corrected chi connectivity index (χ2v) is 6.26. The van der Waals surface area contributed by atoms with Gasteiger partial charge in [0, 0.05) is 44.4 Å². The minimum atomic E-state index is -0.946. The molecule has 2 aliphatic rings. The third kappa shape index (κ3) is 3.92. The number of carboxylic acid groups (broad SMARTS) is 1. The summed E-state index contributed by atoms with van der Waals surface area (Å²) in [5.41, 5.74) is 0.669. The number of halogens is 1. The normalized spacial score (nSPS) is 20.3. The predicted octanol–water partition coefficient (Wildman–Crippen LogP) is 1.31. The van der Waals surface area contributed by atoms with Crippen LogP contribution < -0.4 is 4.74 Å². The van der Waals surface area contributed by atoms with E-state index in [2.05, 4.69) is 16.8 Å². The van der Waals surface area contributed by atoms with Gasteiger partial charge in [0.2, 0.25) is 0 Å². The summed E-state index contributed by atoms with van der Waals surface area (Å²) in [5, 5.41) is 8.77. The minimum absolute atomic E-state index is 0.186. The maximum absolute atomic E-state index is 14.2. The van der Waals surface area contributed by atoms with Gasteiger partial charge < -0.3 is 19.6 Å². The first-order valence-electron chi connectivity index (χ1n) is 7.85. The number of rotatable bonds is 4. The van der Waals surface area contributed by atoms with E-state index in [1.165, 1.54) is 11.0 Å². The van der Waals surface area contributed by atoms with Crippen molar-refractivity contribution in [2.75, 3.05) is 46.3 Å². The van der Waals surface area contributed by atoms with Gasteiger partial charge in [0.15, 0.2) is 0 Å². The highest BCUT2D eigenvalue weighted by Crippen LogP contribution is 2.22. The summed E-state index contributed by atoms with van der Waals surface area (Å²) in [6.07, 6.45) is -1.13. The lowest BCUT2D eigenvalue weighted by Crippen LogP contribution is -2.55. The monoisotopic (exact) mass is 323 g/mol. The van der Waals surface area contributed by atoms with E-state index >= 15 is 0 Å². The maximum Gasteiger partial charge on any atom is 0.407 e. The summed E-state index contributed by atoms with van der Waals surface area (Å²) in [5.74, 6) is 0.190. The first-order chi connectivity index (χ1) is 11.0. The molecule has 2 aliphatic heterocycles. The molecule has 0 unspecified atom stereocenters. The molecular formula is C16H22FN3O3. The number of ether oxygens (including phenoxy) is 1. The fraction of sp³-hybridized carbons (Fsp3) is 0.562. The molecule has 0 saturated carbocycles. The lowest BCUT2D eigenvalue weighted by Gasteiger charge is -2.36. The number of benzene rings is 1. The lowest BCUT2D eigenvalue weighted by molar-refractivity contribution is 0.0250. The largest absolute Gasteiger partial charge is 0.487 e. The van der Waals surface area contributed by atoms with E-state index in [-0.39, 0.29) is 11.9 Å². The Kier molecular flexibility index (Phi) is 4.68. The molecule has 1 amide bonds. The van der Waals surface area contributed by atoms with Crippen LogP contribution in [0.5, 0.6) is 5.75 Å². The van der Waals surface area contributed by atoms with Gasteiger partial charge in [-0.3, -0.25) is 4.90 Å². The molecule has 1 aromatic carbocycles. The van der Waals surface area contributed by atoms with Crippen molar-refractivity contribution in [1.29, 1.82) is 0 Å². The van der Waals surface area contributed by atoms with E-state index in [0.29, 0.717) is 30.9 Å². The van der Waals surface area contributed by atoms with E-state index in [9.17, 15) is 9.18 Å².